The number of nitrogens with one attached hydrogen (secondary N) is 2. The molecule has 0 saturated carbocycles. The predicted molar refractivity (Wildman–Crippen MR) is 118 cm³/mol. The molecule has 2 N–H and O–H groups in total. The second-order valence-corrected chi connectivity index (χ2v) is 8.18. The van der Waals surface area contributed by atoms with Crippen molar-refractivity contribution >= 4 is 42.8 Å². The number of fused-ring (bicyclic) bond motifs is 1. The number of amides is 2. The number of alkyl halides is 3. The predicted octanol–water partition coefficient (Wildman–Crippen LogP) is 1.90. The summed E-state index contributed by atoms with van der Waals surface area (Å²) in [4.78, 5) is 36.8. The van der Waals surface area contributed by atoms with Crippen LogP contribution in [0.15, 0.2) is 0 Å². The fourth-order valence-electron chi connectivity index (χ4n) is 3.74. The monoisotopic (exact) mass is 478 g/mol. The van der Waals surface area contributed by atoms with Crippen molar-refractivity contribution in [1.29, 1.82) is 0 Å². The SMILES string of the molecule is Cc1nc(NC2CN(C(=O)CCOCC(F)(F)F)C2)nc2c1NC(=O)[C@H](C(C)C)N2C.S. The molecule has 1 aromatic rings. The molecule has 3 heterocycles. The summed E-state index contributed by atoms with van der Waals surface area (Å²) >= 11 is 0. The average Bonchev–Trinajstić information content (AvgIpc) is 2.61. The number of nitrogens with zero attached hydrogens (tertiary/aromatic N) is 4. The van der Waals surface area contributed by atoms with Crippen LogP contribution in [0, 0.1) is 12.8 Å². The molecule has 2 aliphatic heterocycles. The van der Waals surface area contributed by atoms with E-state index >= 15 is 0 Å². The largest absolute Gasteiger partial charge is 0.411 e. The molecule has 13 heteroatoms. The molecule has 9 nitrogen and oxygen atoms in total. The third-order valence-electron chi connectivity index (χ3n) is 5.26. The molecular formula is C19H29F3N6O3S. The van der Waals surface area contributed by atoms with Crippen LogP contribution >= 0.6 is 13.5 Å². The molecule has 3 rings (SSSR count). The Hall–Kier alpha value is -2.28. The van der Waals surface area contributed by atoms with Crippen LogP contribution < -0.4 is 15.5 Å². The van der Waals surface area contributed by atoms with Gasteiger partial charge >= 0.3 is 6.18 Å². The molecule has 0 spiro atoms. The number of aryl methyl sites for hydroxylation is 1. The van der Waals surface area contributed by atoms with E-state index in [0.29, 0.717) is 36.2 Å². The molecule has 1 saturated heterocycles. The summed E-state index contributed by atoms with van der Waals surface area (Å²) in [5, 5.41) is 6.07. The van der Waals surface area contributed by atoms with Crippen LogP contribution in [0.2, 0.25) is 0 Å². The summed E-state index contributed by atoms with van der Waals surface area (Å²) in [5.41, 5.74) is 1.21. The first-order chi connectivity index (χ1) is 14.5. The second kappa shape index (κ2) is 10.1. The van der Waals surface area contributed by atoms with Crippen LogP contribution in [-0.4, -0.2) is 78.3 Å². The van der Waals surface area contributed by atoms with Gasteiger partial charge < -0.3 is 25.2 Å². The molecule has 32 heavy (non-hydrogen) atoms. The van der Waals surface area contributed by atoms with Crippen molar-refractivity contribution in [2.24, 2.45) is 5.92 Å². The lowest BCUT2D eigenvalue weighted by Gasteiger charge is -2.40. The van der Waals surface area contributed by atoms with Gasteiger partial charge in [-0.15, -0.1) is 0 Å². The first-order valence-electron chi connectivity index (χ1n) is 10.1. The maximum atomic E-state index is 12.4. The highest BCUT2D eigenvalue weighted by Gasteiger charge is 2.36. The first-order valence-corrected chi connectivity index (χ1v) is 10.1. The summed E-state index contributed by atoms with van der Waals surface area (Å²) in [6, 6.07) is -0.409. The number of likely N-dealkylation sites (tertiary alicyclic amines) is 1. The number of aromatic nitrogens is 2. The quantitative estimate of drug-likeness (QED) is 0.578. The minimum Gasteiger partial charge on any atom is -0.372 e. The average molecular weight is 479 g/mol. The molecule has 0 aromatic carbocycles. The normalized spacial score (nSPS) is 18.6. The van der Waals surface area contributed by atoms with Gasteiger partial charge in [0.25, 0.3) is 0 Å². The summed E-state index contributed by atoms with van der Waals surface area (Å²) in [5.74, 6) is 0.764. The number of rotatable bonds is 7. The number of carbonyl (C=O) groups excluding carboxylic acids is 2. The van der Waals surface area contributed by atoms with Crippen molar-refractivity contribution in [3.8, 4) is 0 Å². The minimum absolute atomic E-state index is 0. The van der Waals surface area contributed by atoms with Crippen LogP contribution in [0.1, 0.15) is 26.0 Å². The van der Waals surface area contributed by atoms with Gasteiger partial charge in [0, 0.05) is 20.1 Å². The Labute approximate surface area is 191 Å². The minimum atomic E-state index is -4.39. The summed E-state index contributed by atoms with van der Waals surface area (Å²) in [6.07, 6.45) is -4.49. The highest BCUT2D eigenvalue weighted by molar-refractivity contribution is 7.59. The van der Waals surface area contributed by atoms with Gasteiger partial charge in [0.05, 0.1) is 24.8 Å². The van der Waals surface area contributed by atoms with E-state index in [9.17, 15) is 22.8 Å². The molecule has 0 aliphatic carbocycles. The zero-order chi connectivity index (χ0) is 22.9. The molecule has 1 aromatic heterocycles. The smallest absolute Gasteiger partial charge is 0.372 e. The van der Waals surface area contributed by atoms with Crippen molar-refractivity contribution in [1.82, 2.24) is 14.9 Å². The van der Waals surface area contributed by atoms with Crippen molar-refractivity contribution in [2.45, 2.75) is 45.5 Å². The van der Waals surface area contributed by atoms with E-state index in [4.69, 9.17) is 0 Å². The number of hydrogen-bond donors (Lipinski definition) is 2. The fraction of sp³-hybridized carbons (Fsp3) is 0.684. The lowest BCUT2D eigenvalue weighted by molar-refractivity contribution is -0.175. The van der Waals surface area contributed by atoms with Gasteiger partial charge in [0.15, 0.2) is 5.82 Å². The maximum absolute atomic E-state index is 12.4. The van der Waals surface area contributed by atoms with Gasteiger partial charge in [-0.05, 0) is 12.8 Å². The highest BCUT2D eigenvalue weighted by atomic mass is 32.1. The Morgan fingerprint density at radius 2 is 1.97 bits per heavy atom. The van der Waals surface area contributed by atoms with Gasteiger partial charge in [-0.2, -0.15) is 31.7 Å². The van der Waals surface area contributed by atoms with Crippen LogP contribution in [0.3, 0.4) is 0 Å². The third kappa shape index (κ3) is 5.94. The maximum Gasteiger partial charge on any atom is 0.411 e. The number of halogens is 3. The van der Waals surface area contributed by atoms with E-state index in [1.165, 1.54) is 0 Å². The molecule has 0 unspecified atom stereocenters. The molecule has 1 atom stereocenters. The topological polar surface area (TPSA) is 99.7 Å². The number of anilines is 3. The molecule has 1 fully saturated rings. The van der Waals surface area contributed by atoms with Crippen molar-refractivity contribution < 1.29 is 27.5 Å². The number of carbonyl (C=O) groups is 2. The van der Waals surface area contributed by atoms with E-state index in [1.807, 2.05) is 25.8 Å². The number of ether oxygens (including phenoxy) is 1. The Kier molecular flexibility index (Phi) is 8.21. The zero-order valence-corrected chi connectivity index (χ0v) is 19.4. The fourth-order valence-corrected chi connectivity index (χ4v) is 3.74. The number of likely N-dealkylation sites (N-methyl/N-ethyl adjacent to an activating group) is 1. The summed E-state index contributed by atoms with van der Waals surface area (Å²) in [7, 11) is 1.82. The van der Waals surface area contributed by atoms with Gasteiger partial charge in [0.2, 0.25) is 17.8 Å². The van der Waals surface area contributed by atoms with E-state index < -0.39 is 12.8 Å². The second-order valence-electron chi connectivity index (χ2n) is 8.18. The standard InChI is InChI=1S/C19H27F3N6O3.H2S/c1-10(2)15-17(30)25-14-11(3)23-18(26-16(14)27(15)4)24-12-7-28(8-12)13(29)5-6-31-9-19(20,21)22;/h10,12,15H,5-9H2,1-4H3,(H,25,30)(H,23,24,26);1H2/t15-;/m0./s1. The molecule has 2 aliphatic rings. The van der Waals surface area contributed by atoms with Gasteiger partial charge in [-0.25, -0.2) is 4.98 Å². The van der Waals surface area contributed by atoms with Gasteiger partial charge in [0.1, 0.15) is 18.3 Å². The van der Waals surface area contributed by atoms with Crippen molar-refractivity contribution in [3.63, 3.8) is 0 Å². The lowest BCUT2D eigenvalue weighted by atomic mass is 9.99. The zero-order valence-electron chi connectivity index (χ0n) is 18.4. The Morgan fingerprint density at radius 3 is 2.56 bits per heavy atom. The number of hydrogen-bond acceptors (Lipinski definition) is 7. The van der Waals surface area contributed by atoms with Crippen molar-refractivity contribution in [2.75, 3.05) is 48.9 Å². The van der Waals surface area contributed by atoms with Crippen LogP contribution in [0.4, 0.5) is 30.6 Å². The highest BCUT2D eigenvalue weighted by Crippen LogP contribution is 2.34. The van der Waals surface area contributed by atoms with Crippen LogP contribution in [0.5, 0.6) is 0 Å². The lowest BCUT2D eigenvalue weighted by Crippen LogP contribution is -2.57. The third-order valence-corrected chi connectivity index (χ3v) is 5.26. The molecule has 2 amide bonds. The molecular weight excluding hydrogens is 449 g/mol. The first kappa shape index (κ1) is 26.0. The Bertz CT molecular complexity index is 848. The summed E-state index contributed by atoms with van der Waals surface area (Å²) < 4.78 is 40.6. The van der Waals surface area contributed by atoms with Crippen LogP contribution in [0.25, 0.3) is 0 Å². The molecule has 180 valence electrons. The Morgan fingerprint density at radius 1 is 1.31 bits per heavy atom. The van der Waals surface area contributed by atoms with E-state index in [-0.39, 0.29) is 56.3 Å². The van der Waals surface area contributed by atoms with E-state index in [0.717, 1.165) is 0 Å². The van der Waals surface area contributed by atoms with Crippen molar-refractivity contribution in [3.05, 3.63) is 5.69 Å². The van der Waals surface area contributed by atoms with Crippen LogP contribution in [-0.2, 0) is 14.3 Å². The summed E-state index contributed by atoms with van der Waals surface area (Å²) in [6.45, 7) is 4.89. The van der Waals surface area contributed by atoms with E-state index in [1.54, 1.807) is 11.8 Å². The van der Waals surface area contributed by atoms with Gasteiger partial charge in [-0.3, -0.25) is 9.59 Å². The Balaban J connectivity index is 0.00000363. The van der Waals surface area contributed by atoms with Gasteiger partial charge in [-0.1, -0.05) is 13.8 Å². The van der Waals surface area contributed by atoms with E-state index in [2.05, 4.69) is 25.3 Å². The molecule has 0 bridgehead atoms. The molecule has 0 radical (unpaired) electrons.